The van der Waals surface area contributed by atoms with Gasteiger partial charge in [0.2, 0.25) is 5.91 Å². The predicted molar refractivity (Wildman–Crippen MR) is 144 cm³/mol. The third-order valence-electron chi connectivity index (χ3n) is 6.76. The van der Waals surface area contributed by atoms with E-state index in [1.807, 2.05) is 73.7 Å². The van der Waals surface area contributed by atoms with E-state index in [4.69, 9.17) is 4.74 Å². The molecule has 0 radical (unpaired) electrons. The number of hydrogen-bond donors (Lipinski definition) is 2. The molecule has 3 aromatic carbocycles. The third kappa shape index (κ3) is 7.41. The van der Waals surface area contributed by atoms with Crippen molar-refractivity contribution < 1.29 is 19.4 Å². The highest BCUT2D eigenvalue weighted by Crippen LogP contribution is 2.21. The zero-order chi connectivity index (χ0) is 26.0. The first-order valence-corrected chi connectivity index (χ1v) is 12.9. The molecule has 1 aliphatic rings. The van der Waals surface area contributed by atoms with E-state index in [0.717, 1.165) is 61.6 Å². The summed E-state index contributed by atoms with van der Waals surface area (Å²) in [6, 6.07) is 24.4. The smallest absolute Gasteiger partial charge is 0.336 e. The van der Waals surface area contributed by atoms with Gasteiger partial charge in [0.1, 0.15) is 11.5 Å². The van der Waals surface area contributed by atoms with Gasteiger partial charge >= 0.3 is 5.97 Å². The van der Waals surface area contributed by atoms with Crippen molar-refractivity contribution in [3.05, 3.63) is 95.6 Å². The second-order valence-electron chi connectivity index (χ2n) is 9.33. The van der Waals surface area contributed by atoms with Crippen molar-refractivity contribution in [3.8, 4) is 11.5 Å². The minimum atomic E-state index is -0.895. The first-order valence-electron chi connectivity index (χ1n) is 12.9. The Morgan fingerprint density at radius 3 is 2.32 bits per heavy atom. The summed E-state index contributed by atoms with van der Waals surface area (Å²) >= 11 is 0. The fraction of sp³-hybridized carbons (Fsp3) is 0.333. The van der Waals surface area contributed by atoms with E-state index in [0.29, 0.717) is 18.7 Å². The first-order chi connectivity index (χ1) is 18.0. The van der Waals surface area contributed by atoms with E-state index in [1.54, 1.807) is 12.1 Å². The van der Waals surface area contributed by atoms with Gasteiger partial charge in [-0.05, 0) is 60.8 Å². The highest BCUT2D eigenvalue weighted by atomic mass is 16.5. The van der Waals surface area contributed by atoms with Crippen LogP contribution < -0.4 is 10.1 Å². The molecule has 4 rings (SSSR count). The Balaban J connectivity index is 1.28. The van der Waals surface area contributed by atoms with Gasteiger partial charge in [-0.1, -0.05) is 55.5 Å². The second-order valence-corrected chi connectivity index (χ2v) is 9.33. The molecule has 194 valence electrons. The summed E-state index contributed by atoms with van der Waals surface area (Å²) in [5.74, 6) is 0.689. The Hall–Kier alpha value is -3.68. The van der Waals surface area contributed by atoms with Crippen molar-refractivity contribution in [1.82, 2.24) is 15.1 Å². The van der Waals surface area contributed by atoms with Crippen molar-refractivity contribution in [3.63, 3.8) is 0 Å². The van der Waals surface area contributed by atoms with Gasteiger partial charge in [-0.25, -0.2) is 4.79 Å². The van der Waals surface area contributed by atoms with Crippen molar-refractivity contribution in [1.29, 1.82) is 0 Å². The largest absolute Gasteiger partial charge is 0.478 e. The van der Waals surface area contributed by atoms with Gasteiger partial charge in [0.25, 0.3) is 0 Å². The average Bonchev–Trinajstić information content (AvgIpc) is 3.15. The van der Waals surface area contributed by atoms with Gasteiger partial charge in [-0.3, -0.25) is 14.6 Å². The van der Waals surface area contributed by atoms with Crippen LogP contribution in [0.15, 0.2) is 78.9 Å². The van der Waals surface area contributed by atoms with Crippen LogP contribution in [0.1, 0.15) is 41.3 Å². The molecule has 37 heavy (non-hydrogen) atoms. The second kappa shape index (κ2) is 13.0. The molecule has 0 aliphatic carbocycles. The minimum Gasteiger partial charge on any atom is -0.478 e. The maximum atomic E-state index is 13.1. The molecular formula is C30H35N3O4. The number of benzene rings is 3. The third-order valence-corrected chi connectivity index (χ3v) is 6.76. The molecule has 1 aliphatic heterocycles. The van der Waals surface area contributed by atoms with E-state index in [1.165, 1.54) is 0 Å². The first kappa shape index (κ1) is 26.4. The standard InChI is InChI=1S/C30H35N3O4/c1-2-28(29(34)31-21-23-13-15-26(16-14-23)37-25-10-4-3-5-11-25)33-18-8-17-32(19-20-33)22-24-9-6-7-12-27(24)30(35)36/h3-7,9-16,28H,2,8,17-22H2,1H3,(H,31,34)(H,35,36). The molecule has 0 spiro atoms. The molecule has 0 saturated carbocycles. The summed E-state index contributed by atoms with van der Waals surface area (Å²) in [5.41, 5.74) is 2.20. The van der Waals surface area contributed by atoms with Crippen LogP contribution in [0.4, 0.5) is 0 Å². The van der Waals surface area contributed by atoms with Crippen molar-refractivity contribution in [2.45, 2.75) is 38.9 Å². The summed E-state index contributed by atoms with van der Waals surface area (Å²) < 4.78 is 5.84. The van der Waals surface area contributed by atoms with Crippen LogP contribution in [0.5, 0.6) is 11.5 Å². The zero-order valence-corrected chi connectivity index (χ0v) is 21.3. The average molecular weight is 502 g/mol. The zero-order valence-electron chi connectivity index (χ0n) is 21.3. The molecule has 2 N–H and O–H groups in total. The molecule has 1 amide bonds. The Morgan fingerprint density at radius 1 is 0.892 bits per heavy atom. The van der Waals surface area contributed by atoms with E-state index < -0.39 is 5.97 Å². The van der Waals surface area contributed by atoms with Gasteiger partial charge in [-0.2, -0.15) is 0 Å². The number of amides is 1. The number of nitrogens with one attached hydrogen (secondary N) is 1. The van der Waals surface area contributed by atoms with Crippen LogP contribution in [-0.4, -0.2) is 59.0 Å². The Morgan fingerprint density at radius 2 is 1.59 bits per heavy atom. The molecule has 3 aromatic rings. The number of carboxylic acid groups (broad SMARTS) is 1. The van der Waals surface area contributed by atoms with Crippen LogP contribution >= 0.6 is 0 Å². The number of carbonyl (C=O) groups excluding carboxylic acids is 1. The van der Waals surface area contributed by atoms with Crippen molar-refractivity contribution in [2.75, 3.05) is 26.2 Å². The number of hydrogen-bond acceptors (Lipinski definition) is 5. The monoisotopic (exact) mass is 501 g/mol. The van der Waals surface area contributed by atoms with Gasteiger partial charge in [-0.15, -0.1) is 0 Å². The van der Waals surface area contributed by atoms with Crippen LogP contribution in [0, 0.1) is 0 Å². The van der Waals surface area contributed by atoms with Crippen LogP contribution in [0.2, 0.25) is 0 Å². The van der Waals surface area contributed by atoms with Gasteiger partial charge in [0.15, 0.2) is 0 Å². The van der Waals surface area contributed by atoms with Crippen LogP contribution in [0.25, 0.3) is 0 Å². The topological polar surface area (TPSA) is 82.1 Å². The highest BCUT2D eigenvalue weighted by Gasteiger charge is 2.26. The fourth-order valence-corrected chi connectivity index (χ4v) is 4.78. The summed E-state index contributed by atoms with van der Waals surface area (Å²) in [5, 5.41) is 12.6. The number of carbonyl (C=O) groups is 2. The molecule has 0 bridgehead atoms. The Labute approximate surface area is 218 Å². The molecule has 1 saturated heterocycles. The minimum absolute atomic E-state index is 0.0387. The molecule has 1 fully saturated rings. The lowest BCUT2D eigenvalue weighted by Crippen LogP contribution is -2.47. The van der Waals surface area contributed by atoms with Gasteiger partial charge < -0.3 is 15.2 Å². The van der Waals surface area contributed by atoms with E-state index >= 15 is 0 Å². The number of aromatic carboxylic acids is 1. The number of carboxylic acids is 1. The van der Waals surface area contributed by atoms with Crippen LogP contribution in [-0.2, 0) is 17.9 Å². The lowest BCUT2D eigenvalue weighted by atomic mass is 10.1. The summed E-state index contributed by atoms with van der Waals surface area (Å²) in [7, 11) is 0. The number of ether oxygens (including phenoxy) is 1. The molecule has 7 heteroatoms. The maximum Gasteiger partial charge on any atom is 0.336 e. The van der Waals surface area contributed by atoms with Gasteiger partial charge in [0.05, 0.1) is 11.6 Å². The Bertz CT molecular complexity index is 1170. The molecular weight excluding hydrogens is 466 g/mol. The fourth-order valence-electron chi connectivity index (χ4n) is 4.78. The number of para-hydroxylation sites is 1. The van der Waals surface area contributed by atoms with E-state index in [-0.39, 0.29) is 11.9 Å². The maximum absolute atomic E-state index is 13.1. The SMILES string of the molecule is CCC(C(=O)NCc1ccc(Oc2ccccc2)cc1)N1CCCN(Cc2ccccc2C(=O)O)CC1. The van der Waals surface area contributed by atoms with Crippen LogP contribution in [0.3, 0.4) is 0 Å². The molecule has 1 atom stereocenters. The van der Waals surface area contributed by atoms with Crippen molar-refractivity contribution in [2.24, 2.45) is 0 Å². The summed E-state index contributed by atoms with van der Waals surface area (Å²) in [4.78, 5) is 29.2. The van der Waals surface area contributed by atoms with Gasteiger partial charge in [0, 0.05) is 32.7 Å². The molecule has 7 nitrogen and oxygen atoms in total. The van der Waals surface area contributed by atoms with Crippen molar-refractivity contribution >= 4 is 11.9 Å². The lowest BCUT2D eigenvalue weighted by Gasteiger charge is -2.29. The quantitative estimate of drug-likeness (QED) is 0.416. The molecule has 1 unspecified atom stereocenters. The predicted octanol–water partition coefficient (Wildman–Crippen LogP) is 4.78. The number of rotatable bonds is 10. The lowest BCUT2D eigenvalue weighted by molar-refractivity contribution is -0.126. The van der Waals surface area contributed by atoms with E-state index in [2.05, 4.69) is 15.1 Å². The summed E-state index contributed by atoms with van der Waals surface area (Å²) in [6.45, 7) is 6.39. The Kier molecular flexibility index (Phi) is 9.29. The molecule has 0 aromatic heterocycles. The summed E-state index contributed by atoms with van der Waals surface area (Å²) in [6.07, 6.45) is 1.67. The normalized spacial score (nSPS) is 15.5. The highest BCUT2D eigenvalue weighted by molar-refractivity contribution is 5.89. The van der Waals surface area contributed by atoms with E-state index in [9.17, 15) is 14.7 Å². The number of nitrogens with zero attached hydrogens (tertiary/aromatic N) is 2. The molecule has 1 heterocycles.